The third-order valence-electron chi connectivity index (χ3n) is 2.57. The van der Waals surface area contributed by atoms with Gasteiger partial charge >= 0.3 is 10.4 Å². The summed E-state index contributed by atoms with van der Waals surface area (Å²) in [7, 11) is -4.43. The largest absolute Gasteiger partial charge is 0.397 e. The molecule has 0 aromatic carbocycles. The van der Waals surface area contributed by atoms with Gasteiger partial charge in [-0.2, -0.15) is 8.42 Å². The molecule has 0 aliphatic heterocycles. The Hall–Kier alpha value is -0.790. The van der Waals surface area contributed by atoms with Crippen LogP contribution in [-0.4, -0.2) is 31.1 Å². The van der Waals surface area contributed by atoms with Crippen LogP contribution in [0.25, 0.3) is 0 Å². The summed E-state index contributed by atoms with van der Waals surface area (Å²) in [5.41, 5.74) is 0. The monoisotopic (exact) mass is 294 g/mol. The van der Waals surface area contributed by atoms with Crippen LogP contribution < -0.4 is 0 Å². The molecule has 0 saturated heterocycles. The molecule has 7 heteroatoms. The lowest BCUT2D eigenvalue weighted by Gasteiger charge is -2.01. The highest BCUT2D eigenvalue weighted by Gasteiger charge is 2.08. The maximum Gasteiger partial charge on any atom is 0.397 e. The molecule has 0 unspecified atom stereocenters. The van der Waals surface area contributed by atoms with Crippen LogP contribution in [-0.2, 0) is 24.2 Å². The average Bonchev–Trinajstić information content (AvgIpc) is 2.31. The highest BCUT2D eigenvalue weighted by Crippen LogP contribution is 2.06. The second-order valence-electron chi connectivity index (χ2n) is 4.39. The van der Waals surface area contributed by atoms with Crippen molar-refractivity contribution in [2.75, 3.05) is 6.61 Å². The Morgan fingerprint density at radius 3 is 1.95 bits per heavy atom. The summed E-state index contributed by atoms with van der Waals surface area (Å²) in [5.74, 6) is -0.00114. The van der Waals surface area contributed by atoms with Crippen molar-refractivity contribution < 1.29 is 26.7 Å². The van der Waals surface area contributed by atoms with E-state index in [1.807, 2.05) is 0 Å². The molecule has 6 nitrogen and oxygen atoms in total. The smallest absolute Gasteiger partial charge is 0.300 e. The predicted molar refractivity (Wildman–Crippen MR) is 70.1 cm³/mol. The molecular formula is C12H22O6S. The summed E-state index contributed by atoms with van der Waals surface area (Å²) >= 11 is 0. The fourth-order valence-electron chi connectivity index (χ4n) is 1.53. The quantitative estimate of drug-likeness (QED) is 0.437. The molecule has 0 bridgehead atoms. The Balaban J connectivity index is 3.56. The zero-order valence-electron chi connectivity index (χ0n) is 11.3. The Morgan fingerprint density at radius 2 is 1.47 bits per heavy atom. The van der Waals surface area contributed by atoms with E-state index in [0.717, 1.165) is 19.3 Å². The van der Waals surface area contributed by atoms with Gasteiger partial charge in [0.05, 0.1) is 6.61 Å². The van der Waals surface area contributed by atoms with Crippen molar-refractivity contribution in [3.05, 3.63) is 0 Å². The second-order valence-corrected chi connectivity index (χ2v) is 5.48. The van der Waals surface area contributed by atoms with Crippen molar-refractivity contribution in [3.8, 4) is 0 Å². The van der Waals surface area contributed by atoms with Crippen molar-refractivity contribution in [3.63, 3.8) is 0 Å². The predicted octanol–water partition coefficient (Wildman–Crippen LogP) is 2.08. The first-order valence-corrected chi connectivity index (χ1v) is 7.87. The zero-order valence-corrected chi connectivity index (χ0v) is 12.1. The summed E-state index contributed by atoms with van der Waals surface area (Å²) < 4.78 is 32.8. The van der Waals surface area contributed by atoms with E-state index in [1.54, 1.807) is 0 Å². The van der Waals surface area contributed by atoms with Crippen molar-refractivity contribution >= 4 is 22.0 Å². The molecule has 1 N–H and O–H groups in total. The molecular weight excluding hydrogens is 272 g/mol. The van der Waals surface area contributed by atoms with Crippen molar-refractivity contribution in [1.82, 2.24) is 0 Å². The lowest BCUT2D eigenvalue weighted by molar-refractivity contribution is -0.124. The molecule has 0 aliphatic rings. The molecule has 19 heavy (non-hydrogen) atoms. The molecule has 0 heterocycles. The minimum Gasteiger partial charge on any atom is -0.300 e. The molecule has 0 rings (SSSR count). The first-order chi connectivity index (χ1) is 8.85. The number of rotatable bonds is 12. The Kier molecular flexibility index (Phi) is 9.63. The van der Waals surface area contributed by atoms with Gasteiger partial charge in [0.25, 0.3) is 0 Å². The van der Waals surface area contributed by atoms with Gasteiger partial charge in [-0.15, -0.1) is 0 Å². The normalized spacial score (nSPS) is 11.5. The third kappa shape index (κ3) is 13.4. The number of unbranched alkanes of at least 4 members (excludes halogenated alkanes) is 2. The minimum atomic E-state index is -4.43. The molecule has 0 aliphatic carbocycles. The van der Waals surface area contributed by atoms with E-state index < -0.39 is 10.4 Å². The summed E-state index contributed by atoms with van der Waals surface area (Å²) in [6.45, 7) is 1.83. The average molecular weight is 294 g/mol. The summed E-state index contributed by atoms with van der Waals surface area (Å²) in [6.07, 6.45) is 4.27. The van der Waals surface area contributed by atoms with Gasteiger partial charge in [0, 0.05) is 25.7 Å². The van der Waals surface area contributed by atoms with E-state index >= 15 is 0 Å². The number of carbonyl (C=O) groups excluding carboxylic acids is 2. The van der Waals surface area contributed by atoms with E-state index in [9.17, 15) is 18.0 Å². The summed E-state index contributed by atoms with van der Waals surface area (Å²) in [5, 5.41) is 0. The van der Waals surface area contributed by atoms with Crippen LogP contribution >= 0.6 is 0 Å². The van der Waals surface area contributed by atoms with Gasteiger partial charge in [-0.25, -0.2) is 4.18 Å². The van der Waals surface area contributed by atoms with Crippen LogP contribution in [0.3, 0.4) is 0 Å². The first kappa shape index (κ1) is 18.2. The van der Waals surface area contributed by atoms with Gasteiger partial charge in [0.2, 0.25) is 0 Å². The molecule has 0 amide bonds. The van der Waals surface area contributed by atoms with Gasteiger partial charge < -0.3 is 0 Å². The standard InChI is InChI=1S/C12H22O6S/c1-2-3-4-6-11(13)8-9-12(14)7-5-10-18-19(15,16)17/h2-10H2,1H3,(H,15,16,17). The van der Waals surface area contributed by atoms with Gasteiger partial charge in [0.15, 0.2) is 0 Å². The highest BCUT2D eigenvalue weighted by atomic mass is 32.3. The molecule has 0 aromatic rings. The lowest BCUT2D eigenvalue weighted by Crippen LogP contribution is -2.08. The van der Waals surface area contributed by atoms with E-state index in [2.05, 4.69) is 11.1 Å². The molecule has 0 spiro atoms. The van der Waals surface area contributed by atoms with Crippen molar-refractivity contribution in [2.24, 2.45) is 0 Å². The minimum absolute atomic E-state index is 0.0935. The first-order valence-electron chi connectivity index (χ1n) is 6.50. The molecule has 0 aromatic heterocycles. The Bertz CT molecular complexity index is 374. The van der Waals surface area contributed by atoms with Crippen LogP contribution in [0, 0.1) is 0 Å². The molecule has 0 radical (unpaired) electrons. The van der Waals surface area contributed by atoms with Gasteiger partial charge in [-0.05, 0) is 12.8 Å². The molecule has 112 valence electrons. The fraction of sp³-hybridized carbons (Fsp3) is 0.833. The zero-order chi connectivity index (χ0) is 14.7. The Labute approximate surface area is 114 Å². The van der Waals surface area contributed by atoms with E-state index in [0.29, 0.717) is 6.42 Å². The van der Waals surface area contributed by atoms with Crippen LogP contribution in [0.5, 0.6) is 0 Å². The molecule has 0 fully saturated rings. The number of carbonyl (C=O) groups is 2. The van der Waals surface area contributed by atoms with Crippen LogP contribution in [0.2, 0.25) is 0 Å². The van der Waals surface area contributed by atoms with E-state index in [4.69, 9.17) is 4.55 Å². The SMILES string of the molecule is CCCCCC(=O)CCC(=O)CCCOS(=O)(=O)O. The number of Topliss-reactive ketones (excluding diaryl/α,β-unsaturated/α-hetero) is 2. The van der Waals surface area contributed by atoms with Gasteiger partial charge in [-0.1, -0.05) is 19.8 Å². The summed E-state index contributed by atoms with van der Waals surface area (Å²) in [4.78, 5) is 22.8. The Morgan fingerprint density at radius 1 is 0.947 bits per heavy atom. The molecule has 0 atom stereocenters. The number of ketones is 2. The maximum atomic E-state index is 11.4. The topological polar surface area (TPSA) is 97.7 Å². The van der Waals surface area contributed by atoms with Crippen LogP contribution in [0.1, 0.15) is 58.3 Å². The van der Waals surface area contributed by atoms with Crippen molar-refractivity contribution in [2.45, 2.75) is 58.3 Å². The number of hydrogen-bond donors (Lipinski definition) is 1. The van der Waals surface area contributed by atoms with Gasteiger partial charge in [0.1, 0.15) is 11.6 Å². The van der Waals surface area contributed by atoms with E-state index in [-0.39, 0.29) is 43.9 Å². The fourth-order valence-corrected chi connectivity index (χ4v) is 1.86. The third-order valence-corrected chi connectivity index (χ3v) is 3.04. The molecule has 0 saturated carbocycles. The van der Waals surface area contributed by atoms with Crippen molar-refractivity contribution in [1.29, 1.82) is 0 Å². The summed E-state index contributed by atoms with van der Waals surface area (Å²) in [6, 6.07) is 0. The lowest BCUT2D eigenvalue weighted by atomic mass is 10.0. The van der Waals surface area contributed by atoms with Crippen LogP contribution in [0.4, 0.5) is 0 Å². The van der Waals surface area contributed by atoms with Crippen LogP contribution in [0.15, 0.2) is 0 Å². The second kappa shape index (κ2) is 10.1. The maximum absolute atomic E-state index is 11.4. The van der Waals surface area contributed by atoms with Gasteiger partial charge in [-0.3, -0.25) is 14.1 Å². The number of hydrogen-bond acceptors (Lipinski definition) is 5. The highest BCUT2D eigenvalue weighted by molar-refractivity contribution is 7.80. The van der Waals surface area contributed by atoms with E-state index in [1.165, 1.54) is 0 Å².